The van der Waals surface area contributed by atoms with Crippen LogP contribution in [0.4, 0.5) is 0 Å². The number of amides is 2. The van der Waals surface area contributed by atoms with Crippen molar-refractivity contribution < 1.29 is 19.1 Å². The molecule has 0 aliphatic heterocycles. The Morgan fingerprint density at radius 2 is 1.77 bits per heavy atom. The quantitative estimate of drug-likeness (QED) is 0.490. The molecule has 31 heavy (non-hydrogen) atoms. The third-order valence-electron chi connectivity index (χ3n) is 4.96. The van der Waals surface area contributed by atoms with E-state index in [0.717, 1.165) is 10.4 Å². The molecule has 2 rings (SSSR count). The van der Waals surface area contributed by atoms with Crippen molar-refractivity contribution in [2.75, 3.05) is 33.9 Å². The first-order valence-corrected chi connectivity index (χ1v) is 11.5. The highest BCUT2D eigenvalue weighted by Crippen LogP contribution is 2.28. The van der Waals surface area contributed by atoms with Crippen LogP contribution in [0.15, 0.2) is 35.7 Å². The molecule has 0 saturated carbocycles. The summed E-state index contributed by atoms with van der Waals surface area (Å²) in [7, 11) is 3.22. The van der Waals surface area contributed by atoms with E-state index in [1.54, 1.807) is 30.5 Å². The fourth-order valence-corrected chi connectivity index (χ4v) is 4.08. The monoisotopic (exact) mass is 446 g/mol. The Labute approximate surface area is 189 Å². The number of hydrogen-bond acceptors (Lipinski definition) is 5. The predicted octanol–water partition coefficient (Wildman–Crippen LogP) is 4.23. The molecule has 1 aromatic heterocycles. The summed E-state index contributed by atoms with van der Waals surface area (Å²) in [6.07, 6.45) is 1.08. The minimum absolute atomic E-state index is 0.0121. The molecular weight excluding hydrogens is 412 g/mol. The molecule has 1 aromatic carbocycles. The van der Waals surface area contributed by atoms with Gasteiger partial charge < -0.3 is 19.3 Å². The molecule has 0 radical (unpaired) electrons. The lowest BCUT2D eigenvalue weighted by molar-refractivity contribution is -0.141. The first-order chi connectivity index (χ1) is 14.9. The molecule has 2 amide bonds. The Morgan fingerprint density at radius 1 is 1.03 bits per heavy atom. The van der Waals surface area contributed by atoms with Gasteiger partial charge in [0.25, 0.3) is 0 Å². The second-order valence-corrected chi connectivity index (χ2v) is 8.89. The van der Waals surface area contributed by atoms with E-state index in [2.05, 4.69) is 13.8 Å². The molecule has 0 spiro atoms. The second-order valence-electron chi connectivity index (χ2n) is 7.86. The molecule has 0 fully saturated rings. The van der Waals surface area contributed by atoms with E-state index in [-0.39, 0.29) is 18.4 Å². The topological polar surface area (TPSA) is 59.1 Å². The lowest BCUT2D eigenvalue weighted by Crippen LogP contribution is -2.44. The molecule has 0 aliphatic rings. The average Bonchev–Trinajstić information content (AvgIpc) is 3.28. The van der Waals surface area contributed by atoms with Gasteiger partial charge in [0.15, 0.2) is 11.5 Å². The third-order valence-corrected chi connectivity index (χ3v) is 5.83. The maximum absolute atomic E-state index is 13.2. The lowest BCUT2D eigenvalue weighted by Gasteiger charge is -2.28. The molecule has 6 nitrogen and oxygen atoms in total. The molecule has 0 atom stereocenters. The number of methoxy groups -OCH3 is 2. The van der Waals surface area contributed by atoms with Gasteiger partial charge in [0.2, 0.25) is 11.8 Å². The summed E-state index contributed by atoms with van der Waals surface area (Å²) in [6, 6.07) is 9.83. The maximum Gasteiger partial charge on any atom is 0.242 e. The van der Waals surface area contributed by atoms with Gasteiger partial charge in [0, 0.05) is 24.4 Å². The minimum atomic E-state index is -0.0312. The standard InChI is InChI=1S/C24H34N2O4S/c1-6-23(27)26(15-18(2)3)17-24(28)25(16-20-8-7-13-31-20)12-11-19-9-10-21(29-4)22(14-19)30-5/h7-10,13-14,18H,6,11-12,15-17H2,1-5H3. The molecular formula is C24H34N2O4S. The Hall–Kier alpha value is -2.54. The van der Waals surface area contributed by atoms with Gasteiger partial charge in [-0.05, 0) is 41.5 Å². The molecule has 0 bridgehead atoms. The van der Waals surface area contributed by atoms with Crippen LogP contribution in [0, 0.1) is 5.92 Å². The average molecular weight is 447 g/mol. The molecule has 0 saturated heterocycles. The largest absolute Gasteiger partial charge is 0.493 e. The molecule has 2 aromatic rings. The van der Waals surface area contributed by atoms with Gasteiger partial charge >= 0.3 is 0 Å². The molecule has 7 heteroatoms. The van der Waals surface area contributed by atoms with E-state index in [0.29, 0.717) is 49.9 Å². The Morgan fingerprint density at radius 3 is 2.35 bits per heavy atom. The van der Waals surface area contributed by atoms with Gasteiger partial charge in [0.05, 0.1) is 27.3 Å². The van der Waals surface area contributed by atoms with Gasteiger partial charge in [-0.15, -0.1) is 11.3 Å². The number of carbonyl (C=O) groups is 2. The van der Waals surface area contributed by atoms with Crippen LogP contribution in [-0.4, -0.2) is 55.5 Å². The van der Waals surface area contributed by atoms with Crippen LogP contribution in [-0.2, 0) is 22.6 Å². The maximum atomic E-state index is 13.2. The number of hydrogen-bond donors (Lipinski definition) is 0. The van der Waals surface area contributed by atoms with Crippen molar-refractivity contribution in [2.45, 2.75) is 40.2 Å². The minimum Gasteiger partial charge on any atom is -0.493 e. The van der Waals surface area contributed by atoms with Crippen molar-refractivity contribution >= 4 is 23.2 Å². The summed E-state index contributed by atoms with van der Waals surface area (Å²) < 4.78 is 10.7. The van der Waals surface area contributed by atoms with Crippen LogP contribution >= 0.6 is 11.3 Å². The van der Waals surface area contributed by atoms with E-state index in [1.165, 1.54) is 0 Å². The zero-order valence-corrected chi connectivity index (χ0v) is 20.0. The van der Waals surface area contributed by atoms with Gasteiger partial charge in [0.1, 0.15) is 0 Å². The Balaban J connectivity index is 2.14. The normalized spacial score (nSPS) is 10.8. The Kier molecular flexibility index (Phi) is 9.85. The number of rotatable bonds is 12. The number of ether oxygens (including phenoxy) is 2. The SMILES string of the molecule is CCC(=O)N(CC(=O)N(CCc1ccc(OC)c(OC)c1)Cc1cccs1)CC(C)C. The summed E-state index contributed by atoms with van der Waals surface area (Å²) in [4.78, 5) is 30.2. The van der Waals surface area contributed by atoms with E-state index in [9.17, 15) is 9.59 Å². The van der Waals surface area contributed by atoms with E-state index < -0.39 is 0 Å². The zero-order chi connectivity index (χ0) is 22.8. The summed E-state index contributed by atoms with van der Waals surface area (Å²) >= 11 is 1.63. The van der Waals surface area contributed by atoms with Crippen molar-refractivity contribution in [1.29, 1.82) is 0 Å². The van der Waals surface area contributed by atoms with E-state index in [1.807, 2.05) is 47.5 Å². The first kappa shape index (κ1) is 24.7. The molecule has 0 N–H and O–H groups in total. The lowest BCUT2D eigenvalue weighted by atomic mass is 10.1. The van der Waals surface area contributed by atoms with Gasteiger partial charge in [-0.3, -0.25) is 9.59 Å². The van der Waals surface area contributed by atoms with Crippen LogP contribution < -0.4 is 9.47 Å². The Bertz CT molecular complexity index is 836. The molecule has 0 aliphatic carbocycles. The van der Waals surface area contributed by atoms with Crippen molar-refractivity contribution in [1.82, 2.24) is 9.80 Å². The van der Waals surface area contributed by atoms with E-state index in [4.69, 9.17) is 9.47 Å². The summed E-state index contributed by atoms with van der Waals surface area (Å²) in [5.41, 5.74) is 1.06. The summed E-state index contributed by atoms with van der Waals surface area (Å²) in [6.45, 7) is 7.74. The number of thiophene rings is 1. The van der Waals surface area contributed by atoms with E-state index >= 15 is 0 Å². The van der Waals surface area contributed by atoms with Gasteiger partial charge in [-0.1, -0.05) is 32.9 Å². The van der Waals surface area contributed by atoms with Crippen molar-refractivity contribution in [3.8, 4) is 11.5 Å². The first-order valence-electron chi connectivity index (χ1n) is 10.7. The zero-order valence-electron chi connectivity index (χ0n) is 19.2. The predicted molar refractivity (Wildman–Crippen MR) is 125 cm³/mol. The highest BCUT2D eigenvalue weighted by molar-refractivity contribution is 7.09. The van der Waals surface area contributed by atoms with Gasteiger partial charge in [-0.2, -0.15) is 0 Å². The van der Waals surface area contributed by atoms with Crippen molar-refractivity contribution in [3.63, 3.8) is 0 Å². The van der Waals surface area contributed by atoms with Crippen molar-refractivity contribution in [3.05, 3.63) is 46.2 Å². The fourth-order valence-electron chi connectivity index (χ4n) is 3.36. The van der Waals surface area contributed by atoms with Crippen LogP contribution in [0.5, 0.6) is 11.5 Å². The second kappa shape index (κ2) is 12.3. The van der Waals surface area contributed by atoms with Crippen LogP contribution in [0.1, 0.15) is 37.6 Å². The third kappa shape index (κ3) is 7.58. The fraction of sp³-hybridized carbons (Fsp3) is 0.500. The van der Waals surface area contributed by atoms with Crippen LogP contribution in [0.2, 0.25) is 0 Å². The van der Waals surface area contributed by atoms with Crippen LogP contribution in [0.25, 0.3) is 0 Å². The highest BCUT2D eigenvalue weighted by Gasteiger charge is 2.22. The molecule has 0 unspecified atom stereocenters. The summed E-state index contributed by atoms with van der Waals surface area (Å²) in [5.74, 6) is 1.64. The molecule has 1 heterocycles. The molecule has 170 valence electrons. The number of nitrogens with zero attached hydrogens (tertiary/aromatic N) is 2. The van der Waals surface area contributed by atoms with Crippen LogP contribution in [0.3, 0.4) is 0 Å². The smallest absolute Gasteiger partial charge is 0.242 e. The summed E-state index contributed by atoms with van der Waals surface area (Å²) in [5, 5.41) is 2.01. The highest BCUT2D eigenvalue weighted by atomic mass is 32.1. The number of benzene rings is 1. The number of carbonyl (C=O) groups excluding carboxylic acids is 2. The van der Waals surface area contributed by atoms with Crippen molar-refractivity contribution in [2.24, 2.45) is 5.92 Å². The van der Waals surface area contributed by atoms with Gasteiger partial charge in [-0.25, -0.2) is 0 Å².